The Balaban J connectivity index is 1.98. The van der Waals surface area contributed by atoms with E-state index in [9.17, 15) is 14.0 Å². The molecule has 0 saturated heterocycles. The largest absolute Gasteiger partial charge is 0.497 e. The van der Waals surface area contributed by atoms with Crippen LogP contribution in [0.1, 0.15) is 29.8 Å². The number of methoxy groups -OCH3 is 1. The van der Waals surface area contributed by atoms with Gasteiger partial charge in [0.1, 0.15) is 24.2 Å². The Labute approximate surface area is 152 Å². The second-order valence-electron chi connectivity index (χ2n) is 6.16. The second-order valence-corrected chi connectivity index (χ2v) is 6.16. The average Bonchev–Trinajstić information content (AvgIpc) is 2.65. The summed E-state index contributed by atoms with van der Waals surface area (Å²) in [7, 11) is 1.54. The number of amides is 1. The minimum Gasteiger partial charge on any atom is -0.497 e. The fourth-order valence-corrected chi connectivity index (χ4v) is 2.29. The minimum atomic E-state index is -0.787. The molecule has 5 nitrogen and oxygen atoms in total. The first-order valence-corrected chi connectivity index (χ1v) is 8.26. The van der Waals surface area contributed by atoms with Crippen LogP contribution in [0.15, 0.2) is 48.5 Å². The Morgan fingerprint density at radius 2 is 1.65 bits per heavy atom. The number of hydrogen-bond acceptors (Lipinski definition) is 4. The molecular formula is C20H22FNO4. The lowest BCUT2D eigenvalue weighted by Gasteiger charge is -2.21. The van der Waals surface area contributed by atoms with Crippen LogP contribution < -0.4 is 10.1 Å². The fourth-order valence-electron chi connectivity index (χ4n) is 2.29. The van der Waals surface area contributed by atoms with Gasteiger partial charge >= 0.3 is 5.97 Å². The van der Waals surface area contributed by atoms with Crippen LogP contribution in [0.2, 0.25) is 0 Å². The van der Waals surface area contributed by atoms with E-state index in [1.54, 1.807) is 43.5 Å². The Morgan fingerprint density at radius 1 is 1.04 bits per heavy atom. The Hall–Kier alpha value is -2.89. The summed E-state index contributed by atoms with van der Waals surface area (Å²) in [4.78, 5) is 24.7. The molecular weight excluding hydrogens is 337 g/mol. The molecule has 0 aliphatic carbocycles. The maximum Gasteiger partial charge on any atom is 0.329 e. The summed E-state index contributed by atoms with van der Waals surface area (Å²) in [5.74, 6) is -0.776. The number of nitrogens with one attached hydrogen (secondary N) is 1. The summed E-state index contributed by atoms with van der Waals surface area (Å²) in [5.41, 5.74) is 1.09. The Kier molecular flexibility index (Phi) is 6.72. The van der Waals surface area contributed by atoms with Gasteiger partial charge in [0.25, 0.3) is 5.91 Å². The fraction of sp³-hybridized carbons (Fsp3) is 0.300. The van der Waals surface area contributed by atoms with Crippen molar-refractivity contribution in [1.29, 1.82) is 0 Å². The molecule has 0 radical (unpaired) electrons. The molecule has 0 saturated carbocycles. The zero-order valence-electron chi connectivity index (χ0n) is 15.0. The van der Waals surface area contributed by atoms with Gasteiger partial charge in [-0.05, 0) is 47.9 Å². The smallest absolute Gasteiger partial charge is 0.329 e. The zero-order chi connectivity index (χ0) is 19.1. The van der Waals surface area contributed by atoms with Crippen molar-refractivity contribution in [3.05, 3.63) is 65.5 Å². The highest BCUT2D eigenvalue weighted by Crippen LogP contribution is 2.13. The van der Waals surface area contributed by atoms with Crippen LogP contribution in [0.25, 0.3) is 0 Å². The third-order valence-corrected chi connectivity index (χ3v) is 3.85. The lowest BCUT2D eigenvalue weighted by Crippen LogP contribution is -2.45. The first-order valence-electron chi connectivity index (χ1n) is 8.26. The summed E-state index contributed by atoms with van der Waals surface area (Å²) >= 11 is 0. The van der Waals surface area contributed by atoms with E-state index in [4.69, 9.17) is 9.47 Å². The van der Waals surface area contributed by atoms with Crippen molar-refractivity contribution in [2.45, 2.75) is 26.5 Å². The first kappa shape index (κ1) is 19.4. The van der Waals surface area contributed by atoms with Crippen molar-refractivity contribution in [3.63, 3.8) is 0 Å². The van der Waals surface area contributed by atoms with Crippen LogP contribution in [0.3, 0.4) is 0 Å². The van der Waals surface area contributed by atoms with Crippen molar-refractivity contribution >= 4 is 11.9 Å². The molecule has 0 aromatic heterocycles. The van der Waals surface area contributed by atoms with E-state index in [1.165, 1.54) is 12.1 Å². The van der Waals surface area contributed by atoms with Gasteiger partial charge in [0.15, 0.2) is 0 Å². The van der Waals surface area contributed by atoms with E-state index in [0.717, 1.165) is 0 Å². The van der Waals surface area contributed by atoms with E-state index >= 15 is 0 Å². The average molecular weight is 359 g/mol. The maximum absolute atomic E-state index is 12.9. The van der Waals surface area contributed by atoms with Crippen LogP contribution in [0.5, 0.6) is 5.75 Å². The van der Waals surface area contributed by atoms with Crippen molar-refractivity contribution < 1.29 is 23.5 Å². The lowest BCUT2D eigenvalue weighted by atomic mass is 10.0. The maximum atomic E-state index is 12.9. The van der Waals surface area contributed by atoms with Crippen LogP contribution in [0.4, 0.5) is 4.39 Å². The molecule has 1 atom stereocenters. The summed E-state index contributed by atoms with van der Waals surface area (Å²) in [6.45, 7) is 3.65. The van der Waals surface area contributed by atoms with E-state index in [0.29, 0.717) is 16.9 Å². The quantitative estimate of drug-likeness (QED) is 0.770. The molecule has 0 heterocycles. The summed E-state index contributed by atoms with van der Waals surface area (Å²) in [5, 5.41) is 2.70. The van der Waals surface area contributed by atoms with E-state index in [1.807, 2.05) is 13.8 Å². The molecule has 6 heteroatoms. The highest BCUT2D eigenvalue weighted by Gasteiger charge is 2.26. The molecule has 2 aromatic rings. The van der Waals surface area contributed by atoms with Crippen molar-refractivity contribution in [3.8, 4) is 5.75 Å². The predicted molar refractivity (Wildman–Crippen MR) is 95.3 cm³/mol. The standard InChI is InChI=1S/C20H22FNO4/c1-13(2)18(20(24)26-12-14-4-8-16(21)9-5-14)22-19(23)15-6-10-17(25-3)11-7-15/h4-11,13,18H,12H2,1-3H3,(H,22,23)/t18-/m0/s1. The molecule has 1 N–H and O–H groups in total. The monoisotopic (exact) mass is 359 g/mol. The van der Waals surface area contributed by atoms with E-state index < -0.39 is 12.0 Å². The van der Waals surface area contributed by atoms with Crippen molar-refractivity contribution in [2.75, 3.05) is 7.11 Å². The second kappa shape index (κ2) is 8.99. The highest BCUT2D eigenvalue weighted by molar-refractivity contribution is 5.96. The number of ether oxygens (including phenoxy) is 2. The summed E-state index contributed by atoms with van der Waals surface area (Å²) < 4.78 is 23.2. The molecule has 0 spiro atoms. The molecule has 138 valence electrons. The molecule has 0 fully saturated rings. The summed E-state index contributed by atoms with van der Waals surface area (Å²) in [6, 6.07) is 11.5. The van der Waals surface area contributed by atoms with Gasteiger partial charge < -0.3 is 14.8 Å². The molecule has 2 aromatic carbocycles. The normalized spacial score (nSPS) is 11.7. The van der Waals surface area contributed by atoms with Gasteiger partial charge in [-0.15, -0.1) is 0 Å². The number of carbonyl (C=O) groups excluding carboxylic acids is 2. The highest BCUT2D eigenvalue weighted by atomic mass is 19.1. The van der Waals surface area contributed by atoms with Crippen LogP contribution in [-0.4, -0.2) is 25.0 Å². The first-order chi connectivity index (χ1) is 12.4. The van der Waals surface area contributed by atoms with Gasteiger partial charge in [-0.1, -0.05) is 26.0 Å². The third kappa shape index (κ3) is 5.31. The molecule has 0 unspecified atom stereocenters. The lowest BCUT2D eigenvalue weighted by molar-refractivity contribution is -0.148. The minimum absolute atomic E-state index is 0.0146. The third-order valence-electron chi connectivity index (χ3n) is 3.85. The van der Waals surface area contributed by atoms with E-state index in [2.05, 4.69) is 5.32 Å². The van der Waals surface area contributed by atoms with Gasteiger partial charge in [0, 0.05) is 5.56 Å². The Bertz CT molecular complexity index is 741. The molecule has 0 aliphatic rings. The molecule has 1 amide bonds. The molecule has 2 rings (SSSR count). The van der Waals surface area contributed by atoms with Crippen molar-refractivity contribution in [1.82, 2.24) is 5.32 Å². The van der Waals surface area contributed by atoms with Gasteiger partial charge in [0.2, 0.25) is 0 Å². The SMILES string of the molecule is COc1ccc(C(=O)N[C@H](C(=O)OCc2ccc(F)cc2)C(C)C)cc1. The van der Waals surface area contributed by atoms with Gasteiger partial charge in [-0.25, -0.2) is 9.18 Å². The number of benzene rings is 2. The topological polar surface area (TPSA) is 64.6 Å². The van der Waals surface area contributed by atoms with Crippen LogP contribution in [0, 0.1) is 11.7 Å². The van der Waals surface area contributed by atoms with Gasteiger partial charge in [0.05, 0.1) is 7.11 Å². The summed E-state index contributed by atoms with van der Waals surface area (Å²) in [6.07, 6.45) is 0. The van der Waals surface area contributed by atoms with Crippen LogP contribution in [-0.2, 0) is 16.1 Å². The number of esters is 1. The number of carbonyl (C=O) groups is 2. The van der Waals surface area contributed by atoms with Crippen molar-refractivity contribution in [2.24, 2.45) is 5.92 Å². The van der Waals surface area contributed by atoms with E-state index in [-0.39, 0.29) is 24.2 Å². The number of halogens is 1. The number of rotatable bonds is 7. The van der Waals surface area contributed by atoms with Gasteiger partial charge in [-0.3, -0.25) is 4.79 Å². The van der Waals surface area contributed by atoms with Gasteiger partial charge in [-0.2, -0.15) is 0 Å². The molecule has 0 bridgehead atoms. The predicted octanol–water partition coefficient (Wildman–Crippen LogP) is 3.33. The van der Waals surface area contributed by atoms with Crippen LogP contribution >= 0.6 is 0 Å². The number of hydrogen-bond donors (Lipinski definition) is 1. The molecule has 0 aliphatic heterocycles. The Morgan fingerprint density at radius 3 is 2.19 bits per heavy atom. The molecule has 26 heavy (non-hydrogen) atoms. The zero-order valence-corrected chi connectivity index (χ0v) is 15.0.